The molecule has 0 saturated heterocycles. The summed E-state index contributed by atoms with van der Waals surface area (Å²) >= 11 is 0. The van der Waals surface area contributed by atoms with Crippen LogP contribution in [0, 0.1) is 0 Å². The van der Waals surface area contributed by atoms with Crippen molar-refractivity contribution >= 4 is 9.84 Å². The fourth-order valence-corrected chi connectivity index (χ4v) is 2.26. The molecule has 1 aromatic heterocycles. The first-order valence-corrected chi connectivity index (χ1v) is 7.80. The molecule has 0 unspecified atom stereocenters. The van der Waals surface area contributed by atoms with Crippen LogP contribution >= 0.6 is 0 Å². The molecule has 1 heterocycles. The van der Waals surface area contributed by atoms with E-state index in [4.69, 9.17) is 0 Å². The van der Waals surface area contributed by atoms with Gasteiger partial charge >= 0.3 is 0 Å². The highest BCUT2D eigenvalue weighted by molar-refractivity contribution is 7.90. The minimum atomic E-state index is -2.94. The van der Waals surface area contributed by atoms with Crippen molar-refractivity contribution in [3.8, 4) is 11.3 Å². The summed E-state index contributed by atoms with van der Waals surface area (Å²) < 4.78 is 22.3. The van der Waals surface area contributed by atoms with Crippen molar-refractivity contribution in [3.63, 3.8) is 0 Å². The van der Waals surface area contributed by atoms with Crippen LogP contribution < -0.4 is 0 Å². The van der Waals surface area contributed by atoms with Gasteiger partial charge in [-0.2, -0.15) is 0 Å². The highest BCUT2D eigenvalue weighted by Crippen LogP contribution is 2.16. The topological polar surface area (TPSA) is 47.0 Å². The van der Waals surface area contributed by atoms with Gasteiger partial charge in [-0.25, -0.2) is 8.42 Å². The second kappa shape index (κ2) is 5.31. The van der Waals surface area contributed by atoms with Crippen LogP contribution in [0.15, 0.2) is 48.5 Å². The molecule has 94 valence electrons. The van der Waals surface area contributed by atoms with Crippen molar-refractivity contribution in [2.75, 3.05) is 12.0 Å². The van der Waals surface area contributed by atoms with Crippen LogP contribution in [0.25, 0.3) is 11.3 Å². The molecule has 0 bridgehead atoms. The van der Waals surface area contributed by atoms with Crippen molar-refractivity contribution in [1.82, 2.24) is 4.98 Å². The van der Waals surface area contributed by atoms with Crippen molar-refractivity contribution in [2.24, 2.45) is 0 Å². The second-order valence-electron chi connectivity index (χ2n) is 4.26. The molecule has 2 aromatic rings. The summed E-state index contributed by atoms with van der Waals surface area (Å²) in [5, 5.41) is 0. The van der Waals surface area contributed by atoms with Crippen LogP contribution in [-0.2, 0) is 16.3 Å². The molecule has 0 spiro atoms. The van der Waals surface area contributed by atoms with E-state index in [1.54, 1.807) is 0 Å². The summed E-state index contributed by atoms with van der Waals surface area (Å²) in [5.41, 5.74) is 2.72. The predicted molar refractivity (Wildman–Crippen MR) is 73.1 cm³/mol. The maximum absolute atomic E-state index is 11.1. The largest absolute Gasteiger partial charge is 0.253 e. The lowest BCUT2D eigenvalue weighted by molar-refractivity contribution is 0.601. The summed E-state index contributed by atoms with van der Waals surface area (Å²) in [7, 11) is -2.94. The van der Waals surface area contributed by atoms with Gasteiger partial charge in [0.25, 0.3) is 0 Å². The van der Waals surface area contributed by atoms with Gasteiger partial charge in [0.2, 0.25) is 0 Å². The summed E-state index contributed by atoms with van der Waals surface area (Å²) in [6.45, 7) is 0. The van der Waals surface area contributed by atoms with E-state index in [9.17, 15) is 8.42 Å². The molecule has 18 heavy (non-hydrogen) atoms. The Morgan fingerprint density at radius 2 is 1.72 bits per heavy atom. The number of hydrogen-bond donors (Lipinski definition) is 0. The summed E-state index contributed by atoms with van der Waals surface area (Å²) in [4.78, 5) is 4.48. The van der Waals surface area contributed by atoms with E-state index in [-0.39, 0.29) is 5.75 Å². The molecule has 1 aromatic carbocycles. The monoisotopic (exact) mass is 261 g/mol. The Bertz CT molecular complexity index is 621. The van der Waals surface area contributed by atoms with Gasteiger partial charge in [-0.15, -0.1) is 0 Å². The third-order valence-electron chi connectivity index (χ3n) is 2.61. The van der Waals surface area contributed by atoms with Gasteiger partial charge in [-0.3, -0.25) is 4.98 Å². The highest BCUT2D eigenvalue weighted by Gasteiger charge is 2.05. The first-order valence-electron chi connectivity index (χ1n) is 5.74. The van der Waals surface area contributed by atoms with Gasteiger partial charge in [-0.1, -0.05) is 36.4 Å². The standard InChI is InChI=1S/C14H15NO2S/c1-18(16,17)11-10-13-8-5-9-14(15-13)12-6-3-2-4-7-12/h2-9H,10-11H2,1H3. The molecule has 3 nitrogen and oxygen atoms in total. The van der Waals surface area contributed by atoms with Gasteiger partial charge < -0.3 is 0 Å². The zero-order valence-electron chi connectivity index (χ0n) is 10.2. The van der Waals surface area contributed by atoms with Crippen LogP contribution in [0.1, 0.15) is 5.69 Å². The van der Waals surface area contributed by atoms with Gasteiger partial charge in [-0.05, 0) is 12.1 Å². The Hall–Kier alpha value is -1.68. The molecule has 0 saturated carbocycles. The lowest BCUT2D eigenvalue weighted by Crippen LogP contribution is -2.07. The maximum Gasteiger partial charge on any atom is 0.147 e. The van der Waals surface area contributed by atoms with E-state index in [0.29, 0.717) is 6.42 Å². The molecular formula is C14H15NO2S. The Labute approximate surface area is 107 Å². The third-order valence-corrected chi connectivity index (χ3v) is 3.55. The van der Waals surface area contributed by atoms with E-state index in [1.165, 1.54) is 6.26 Å². The first-order chi connectivity index (χ1) is 8.54. The minimum absolute atomic E-state index is 0.137. The molecule has 0 aliphatic rings. The second-order valence-corrected chi connectivity index (χ2v) is 6.52. The lowest BCUT2D eigenvalue weighted by atomic mass is 10.1. The van der Waals surface area contributed by atoms with Crippen molar-refractivity contribution in [2.45, 2.75) is 6.42 Å². The van der Waals surface area contributed by atoms with E-state index in [1.807, 2.05) is 48.5 Å². The maximum atomic E-state index is 11.1. The smallest absolute Gasteiger partial charge is 0.147 e. The molecule has 0 amide bonds. The normalized spacial score (nSPS) is 11.4. The van der Waals surface area contributed by atoms with Crippen LogP contribution in [0.2, 0.25) is 0 Å². The molecule has 2 rings (SSSR count). The highest BCUT2D eigenvalue weighted by atomic mass is 32.2. The number of sulfone groups is 1. The quantitative estimate of drug-likeness (QED) is 0.848. The zero-order chi connectivity index (χ0) is 13.0. The minimum Gasteiger partial charge on any atom is -0.253 e. The number of pyridine rings is 1. The number of nitrogens with zero attached hydrogens (tertiary/aromatic N) is 1. The molecule has 0 aliphatic carbocycles. The van der Waals surface area contributed by atoms with Crippen LogP contribution in [-0.4, -0.2) is 25.4 Å². The van der Waals surface area contributed by atoms with E-state index < -0.39 is 9.84 Å². The first kappa shape index (κ1) is 12.8. The Balaban J connectivity index is 2.21. The van der Waals surface area contributed by atoms with Crippen molar-refractivity contribution in [1.29, 1.82) is 0 Å². The average Bonchev–Trinajstić information content (AvgIpc) is 2.37. The van der Waals surface area contributed by atoms with Gasteiger partial charge in [0.15, 0.2) is 0 Å². The summed E-state index contributed by atoms with van der Waals surface area (Å²) in [6, 6.07) is 15.5. The van der Waals surface area contributed by atoms with E-state index in [0.717, 1.165) is 17.0 Å². The van der Waals surface area contributed by atoms with Crippen molar-refractivity contribution < 1.29 is 8.42 Å². The lowest BCUT2D eigenvalue weighted by Gasteiger charge is -2.04. The molecule has 0 radical (unpaired) electrons. The van der Waals surface area contributed by atoms with Crippen LogP contribution in [0.4, 0.5) is 0 Å². The fourth-order valence-electron chi connectivity index (χ4n) is 1.68. The number of hydrogen-bond acceptors (Lipinski definition) is 3. The Morgan fingerprint density at radius 3 is 2.39 bits per heavy atom. The number of rotatable bonds is 4. The summed E-state index contributed by atoms with van der Waals surface area (Å²) in [6.07, 6.45) is 1.70. The molecule has 0 aliphatic heterocycles. The van der Waals surface area contributed by atoms with Crippen molar-refractivity contribution in [3.05, 3.63) is 54.2 Å². The predicted octanol–water partition coefficient (Wildman–Crippen LogP) is 2.34. The van der Waals surface area contributed by atoms with Gasteiger partial charge in [0.05, 0.1) is 11.4 Å². The van der Waals surface area contributed by atoms with Crippen LogP contribution in [0.3, 0.4) is 0 Å². The van der Waals surface area contributed by atoms with E-state index >= 15 is 0 Å². The van der Waals surface area contributed by atoms with Gasteiger partial charge in [0.1, 0.15) is 9.84 Å². The van der Waals surface area contributed by atoms with E-state index in [2.05, 4.69) is 4.98 Å². The zero-order valence-corrected chi connectivity index (χ0v) is 11.0. The molecule has 4 heteroatoms. The van der Waals surface area contributed by atoms with Crippen LogP contribution in [0.5, 0.6) is 0 Å². The number of aryl methyl sites for hydroxylation is 1. The molecule has 0 atom stereocenters. The number of benzene rings is 1. The third kappa shape index (κ3) is 3.67. The summed E-state index contributed by atoms with van der Waals surface area (Å²) in [5.74, 6) is 0.137. The number of aromatic nitrogens is 1. The average molecular weight is 261 g/mol. The molecule has 0 N–H and O–H groups in total. The Kier molecular flexibility index (Phi) is 3.77. The molecule has 0 fully saturated rings. The molecular weight excluding hydrogens is 246 g/mol. The Morgan fingerprint density at radius 1 is 1.00 bits per heavy atom. The SMILES string of the molecule is CS(=O)(=O)CCc1cccc(-c2ccccc2)n1. The fraction of sp³-hybridized carbons (Fsp3) is 0.214. The van der Waals surface area contributed by atoms with Gasteiger partial charge in [0, 0.05) is 23.9 Å².